The number of hydrogen-bond donors (Lipinski definition) is 1. The van der Waals surface area contributed by atoms with E-state index >= 15 is 0 Å². The van der Waals surface area contributed by atoms with E-state index in [2.05, 4.69) is 18.9 Å². The smallest absolute Gasteiger partial charge is 0.271 e. The van der Waals surface area contributed by atoms with Crippen LogP contribution >= 0.6 is 0 Å². The molecule has 5 nitrogen and oxygen atoms in total. The van der Waals surface area contributed by atoms with E-state index in [4.69, 9.17) is 10.5 Å². The molecule has 0 fully saturated rings. The maximum absolute atomic E-state index is 12.1. The molecule has 1 aromatic heterocycles. The highest BCUT2D eigenvalue weighted by molar-refractivity contribution is 5.67. The molecule has 0 radical (unpaired) electrons. The summed E-state index contributed by atoms with van der Waals surface area (Å²) in [5.41, 5.74) is 7.70. The number of nitrogens with two attached hydrogens (primary N) is 1. The predicted octanol–water partition coefficient (Wildman–Crippen LogP) is 2.42. The standard InChI is InChI=1S/C17H23N3O2/c1-4-20-17(21)13(10-18)9-15(19-20)14-7-5-6-8-16(14)22-11-12(2)3/h5-9,12H,4,10-11,18H2,1-3H3. The Bertz CT molecular complexity index is 664. The molecular weight excluding hydrogens is 278 g/mol. The fraction of sp³-hybridized carbons (Fsp3) is 0.412. The first kappa shape index (κ1) is 16.2. The Morgan fingerprint density at radius 2 is 2.05 bits per heavy atom. The van der Waals surface area contributed by atoms with Gasteiger partial charge in [0.1, 0.15) is 5.75 Å². The molecular formula is C17H23N3O2. The first-order chi connectivity index (χ1) is 10.6. The van der Waals surface area contributed by atoms with Crippen molar-refractivity contribution >= 4 is 0 Å². The van der Waals surface area contributed by atoms with Crippen molar-refractivity contribution < 1.29 is 4.74 Å². The summed E-state index contributed by atoms with van der Waals surface area (Å²) in [7, 11) is 0. The van der Waals surface area contributed by atoms with E-state index in [0.29, 0.717) is 30.3 Å². The van der Waals surface area contributed by atoms with Crippen LogP contribution in [0, 0.1) is 5.92 Å². The van der Waals surface area contributed by atoms with Crippen LogP contribution in [0.2, 0.25) is 0 Å². The molecule has 0 aliphatic rings. The highest BCUT2D eigenvalue weighted by Gasteiger charge is 2.12. The van der Waals surface area contributed by atoms with E-state index in [1.807, 2.05) is 31.2 Å². The summed E-state index contributed by atoms with van der Waals surface area (Å²) < 4.78 is 7.31. The highest BCUT2D eigenvalue weighted by atomic mass is 16.5. The quantitative estimate of drug-likeness (QED) is 0.889. The third kappa shape index (κ3) is 3.54. The Labute approximate surface area is 130 Å². The first-order valence-electron chi connectivity index (χ1n) is 7.60. The molecule has 1 aromatic carbocycles. The number of nitrogens with zero attached hydrogens (tertiary/aromatic N) is 2. The Balaban J connectivity index is 2.50. The molecule has 5 heteroatoms. The van der Waals surface area contributed by atoms with Crippen LogP contribution in [-0.4, -0.2) is 16.4 Å². The topological polar surface area (TPSA) is 70.1 Å². The van der Waals surface area contributed by atoms with Crippen LogP contribution in [0.1, 0.15) is 26.3 Å². The molecule has 2 aromatic rings. The summed E-state index contributed by atoms with van der Waals surface area (Å²) in [6.07, 6.45) is 0. The predicted molar refractivity (Wildman–Crippen MR) is 87.8 cm³/mol. The second-order valence-corrected chi connectivity index (χ2v) is 5.58. The number of ether oxygens (including phenoxy) is 1. The summed E-state index contributed by atoms with van der Waals surface area (Å²) in [6, 6.07) is 9.49. The number of hydrogen-bond acceptors (Lipinski definition) is 4. The zero-order chi connectivity index (χ0) is 16.1. The second kappa shape index (κ2) is 7.22. The summed E-state index contributed by atoms with van der Waals surface area (Å²) in [5.74, 6) is 1.21. The molecule has 0 saturated carbocycles. The fourth-order valence-electron chi connectivity index (χ4n) is 2.15. The Morgan fingerprint density at radius 3 is 2.68 bits per heavy atom. The lowest BCUT2D eigenvalue weighted by atomic mass is 10.1. The van der Waals surface area contributed by atoms with Crippen LogP contribution in [0.5, 0.6) is 5.75 Å². The van der Waals surface area contributed by atoms with Gasteiger partial charge in [-0.2, -0.15) is 5.10 Å². The van der Waals surface area contributed by atoms with Gasteiger partial charge in [0.05, 0.1) is 12.3 Å². The third-order valence-electron chi connectivity index (χ3n) is 3.30. The van der Waals surface area contributed by atoms with Crippen LogP contribution in [0.4, 0.5) is 0 Å². The van der Waals surface area contributed by atoms with Crippen LogP contribution in [-0.2, 0) is 13.1 Å². The molecule has 0 unspecified atom stereocenters. The fourth-order valence-corrected chi connectivity index (χ4v) is 2.15. The summed E-state index contributed by atoms with van der Waals surface area (Å²) in [6.45, 7) is 7.43. The average molecular weight is 301 g/mol. The lowest BCUT2D eigenvalue weighted by Crippen LogP contribution is -2.27. The molecule has 0 atom stereocenters. The van der Waals surface area contributed by atoms with E-state index in [1.165, 1.54) is 4.68 Å². The van der Waals surface area contributed by atoms with Gasteiger partial charge in [0, 0.05) is 24.2 Å². The molecule has 0 spiro atoms. The number of aryl methyl sites for hydroxylation is 1. The van der Waals surface area contributed by atoms with E-state index in [-0.39, 0.29) is 12.1 Å². The zero-order valence-electron chi connectivity index (χ0n) is 13.4. The largest absolute Gasteiger partial charge is 0.493 e. The van der Waals surface area contributed by atoms with Crippen LogP contribution in [0.25, 0.3) is 11.3 Å². The van der Waals surface area contributed by atoms with Crippen LogP contribution in [0.3, 0.4) is 0 Å². The molecule has 1 heterocycles. The van der Waals surface area contributed by atoms with Gasteiger partial charge < -0.3 is 10.5 Å². The normalized spacial score (nSPS) is 11.0. The minimum atomic E-state index is -0.130. The lowest BCUT2D eigenvalue weighted by Gasteiger charge is -2.14. The van der Waals surface area contributed by atoms with Gasteiger partial charge in [-0.05, 0) is 31.0 Å². The van der Waals surface area contributed by atoms with E-state index < -0.39 is 0 Å². The van der Waals surface area contributed by atoms with Gasteiger partial charge in [-0.15, -0.1) is 0 Å². The maximum atomic E-state index is 12.1. The van der Waals surface area contributed by atoms with Crippen LogP contribution < -0.4 is 16.0 Å². The van der Waals surface area contributed by atoms with E-state index in [9.17, 15) is 4.79 Å². The molecule has 2 N–H and O–H groups in total. The van der Waals surface area contributed by atoms with Gasteiger partial charge in [-0.1, -0.05) is 26.0 Å². The van der Waals surface area contributed by atoms with Gasteiger partial charge in [0.15, 0.2) is 0 Å². The second-order valence-electron chi connectivity index (χ2n) is 5.58. The Kier molecular flexibility index (Phi) is 5.33. The van der Waals surface area contributed by atoms with E-state index in [1.54, 1.807) is 6.07 Å². The van der Waals surface area contributed by atoms with Gasteiger partial charge in [-0.3, -0.25) is 4.79 Å². The van der Waals surface area contributed by atoms with Crippen molar-refractivity contribution in [1.82, 2.24) is 9.78 Å². The van der Waals surface area contributed by atoms with Crippen molar-refractivity contribution in [1.29, 1.82) is 0 Å². The molecule has 2 rings (SSSR count). The van der Waals surface area contributed by atoms with Gasteiger partial charge >= 0.3 is 0 Å². The first-order valence-corrected chi connectivity index (χ1v) is 7.60. The molecule has 0 bridgehead atoms. The zero-order valence-corrected chi connectivity index (χ0v) is 13.4. The molecule has 0 amide bonds. The highest BCUT2D eigenvalue weighted by Crippen LogP contribution is 2.28. The molecule has 0 aliphatic heterocycles. The van der Waals surface area contributed by atoms with Crippen molar-refractivity contribution in [2.45, 2.75) is 33.9 Å². The number of benzene rings is 1. The number of aromatic nitrogens is 2. The Morgan fingerprint density at radius 1 is 1.32 bits per heavy atom. The van der Waals surface area contributed by atoms with Gasteiger partial charge in [0.2, 0.25) is 0 Å². The third-order valence-corrected chi connectivity index (χ3v) is 3.30. The molecule has 0 aliphatic carbocycles. The molecule has 0 saturated heterocycles. The minimum Gasteiger partial charge on any atom is -0.493 e. The summed E-state index contributed by atoms with van der Waals surface area (Å²) in [4.78, 5) is 12.1. The molecule has 118 valence electrons. The summed E-state index contributed by atoms with van der Waals surface area (Å²) in [5, 5.41) is 4.43. The Hall–Kier alpha value is -2.14. The van der Waals surface area contributed by atoms with Gasteiger partial charge in [-0.25, -0.2) is 4.68 Å². The monoisotopic (exact) mass is 301 g/mol. The van der Waals surface area contributed by atoms with Crippen molar-refractivity contribution in [2.75, 3.05) is 6.61 Å². The lowest BCUT2D eigenvalue weighted by molar-refractivity contribution is 0.272. The average Bonchev–Trinajstić information content (AvgIpc) is 2.53. The van der Waals surface area contributed by atoms with E-state index in [0.717, 1.165) is 11.3 Å². The van der Waals surface area contributed by atoms with Crippen molar-refractivity contribution in [2.24, 2.45) is 11.7 Å². The van der Waals surface area contributed by atoms with Crippen molar-refractivity contribution in [3.05, 3.63) is 46.2 Å². The number of rotatable bonds is 6. The molecule has 22 heavy (non-hydrogen) atoms. The van der Waals surface area contributed by atoms with Gasteiger partial charge in [0.25, 0.3) is 5.56 Å². The number of para-hydroxylation sites is 1. The minimum absolute atomic E-state index is 0.130. The SMILES string of the molecule is CCn1nc(-c2ccccc2OCC(C)C)cc(CN)c1=O. The summed E-state index contributed by atoms with van der Waals surface area (Å²) >= 11 is 0. The van der Waals surface area contributed by atoms with Crippen LogP contribution in [0.15, 0.2) is 35.1 Å². The maximum Gasteiger partial charge on any atom is 0.271 e. The van der Waals surface area contributed by atoms with Crippen molar-refractivity contribution in [3.63, 3.8) is 0 Å². The van der Waals surface area contributed by atoms with Crippen molar-refractivity contribution in [3.8, 4) is 17.0 Å².